The van der Waals surface area contributed by atoms with Crippen LogP contribution in [0.15, 0.2) is 42.5 Å². The highest BCUT2D eigenvalue weighted by molar-refractivity contribution is 5.62. The molecule has 0 aliphatic carbocycles. The third-order valence-electron chi connectivity index (χ3n) is 4.70. The molecule has 32 heavy (non-hydrogen) atoms. The number of benzene rings is 2. The van der Waals surface area contributed by atoms with Gasteiger partial charge >= 0.3 is 12.4 Å². The van der Waals surface area contributed by atoms with Gasteiger partial charge in [0.25, 0.3) is 0 Å². The van der Waals surface area contributed by atoms with E-state index in [0.29, 0.717) is 11.8 Å². The lowest BCUT2D eigenvalue weighted by Crippen LogP contribution is -2.35. The third kappa shape index (κ3) is 7.36. The van der Waals surface area contributed by atoms with Gasteiger partial charge in [0.2, 0.25) is 0 Å². The summed E-state index contributed by atoms with van der Waals surface area (Å²) in [6.45, 7) is 11.6. The number of rotatable bonds is 7. The first kappa shape index (κ1) is 25.4. The fraction of sp³-hybridized carbons (Fsp3) is 0.435. The van der Waals surface area contributed by atoms with Crippen molar-refractivity contribution in [2.24, 2.45) is 0 Å². The van der Waals surface area contributed by atoms with Gasteiger partial charge in [0, 0.05) is 12.2 Å². The highest BCUT2D eigenvalue weighted by atomic mass is 19.4. The van der Waals surface area contributed by atoms with Gasteiger partial charge in [0.1, 0.15) is 12.3 Å². The van der Waals surface area contributed by atoms with Crippen molar-refractivity contribution in [3.05, 3.63) is 65.0 Å². The Labute approximate surface area is 183 Å². The van der Waals surface area contributed by atoms with Gasteiger partial charge in [-0.3, -0.25) is 0 Å². The fourth-order valence-corrected chi connectivity index (χ4v) is 3.06. The van der Waals surface area contributed by atoms with Crippen molar-refractivity contribution in [3.63, 3.8) is 0 Å². The number of alkyl halides is 6. The summed E-state index contributed by atoms with van der Waals surface area (Å²) in [5.74, 6) is 0.557. The molecule has 0 saturated carbocycles. The summed E-state index contributed by atoms with van der Waals surface area (Å²) in [7, 11) is 0. The Kier molecular flexibility index (Phi) is 7.70. The third-order valence-corrected chi connectivity index (χ3v) is 4.70. The van der Waals surface area contributed by atoms with Crippen molar-refractivity contribution < 1.29 is 31.1 Å². The molecule has 3 nitrogen and oxygen atoms in total. The number of anilines is 1. The summed E-state index contributed by atoms with van der Waals surface area (Å²) in [5, 5.41) is 0. The zero-order valence-corrected chi connectivity index (χ0v) is 17.9. The molecule has 2 aromatic carbocycles. The van der Waals surface area contributed by atoms with Crippen LogP contribution in [-0.4, -0.2) is 25.9 Å². The van der Waals surface area contributed by atoms with Crippen molar-refractivity contribution in [1.82, 2.24) is 0 Å². The lowest BCUT2D eigenvalue weighted by atomic mass is 9.87. The molecule has 0 spiro atoms. The summed E-state index contributed by atoms with van der Waals surface area (Å²) >= 11 is 0. The van der Waals surface area contributed by atoms with Crippen LogP contribution in [0.5, 0.6) is 5.75 Å². The minimum atomic E-state index is -4.85. The number of halogens is 6. The molecule has 0 fully saturated rings. The van der Waals surface area contributed by atoms with Gasteiger partial charge in [-0.2, -0.15) is 26.3 Å². The van der Waals surface area contributed by atoms with Crippen LogP contribution in [0.3, 0.4) is 0 Å². The van der Waals surface area contributed by atoms with E-state index in [1.54, 1.807) is 12.1 Å². The fourth-order valence-electron chi connectivity index (χ4n) is 3.06. The molecule has 0 aliphatic heterocycles. The molecule has 0 N–H and O–H groups in total. The van der Waals surface area contributed by atoms with Crippen molar-refractivity contribution in [1.29, 1.82) is 0 Å². The standard InChI is InChI=1S/C23H24F6N2O/c1-21(2,3)16-6-9-18(10-7-16)32-13-5-12-31(15-22(24,25)26)17-8-11-20(30-4)19(14-17)23(27,28)29/h6-11,14H,5,12-13,15H2,1-3H3. The van der Waals surface area contributed by atoms with Crippen LogP contribution in [0.25, 0.3) is 4.85 Å². The van der Waals surface area contributed by atoms with E-state index < -0.39 is 30.1 Å². The van der Waals surface area contributed by atoms with E-state index in [9.17, 15) is 26.3 Å². The van der Waals surface area contributed by atoms with Crippen molar-refractivity contribution >= 4 is 11.4 Å². The average molecular weight is 458 g/mol. The molecule has 0 radical (unpaired) electrons. The van der Waals surface area contributed by atoms with Crippen LogP contribution < -0.4 is 9.64 Å². The Morgan fingerprint density at radius 2 is 1.56 bits per heavy atom. The van der Waals surface area contributed by atoms with E-state index >= 15 is 0 Å². The molecular formula is C23H24F6N2O. The minimum Gasteiger partial charge on any atom is -0.494 e. The molecule has 0 unspecified atom stereocenters. The summed E-state index contributed by atoms with van der Waals surface area (Å²) < 4.78 is 84.3. The Balaban J connectivity index is 2.10. The van der Waals surface area contributed by atoms with Gasteiger partial charge in [-0.15, -0.1) is 0 Å². The predicted octanol–water partition coefficient (Wildman–Crippen LogP) is 7.39. The van der Waals surface area contributed by atoms with Crippen LogP contribution in [0.2, 0.25) is 0 Å². The molecule has 9 heteroatoms. The number of hydrogen-bond acceptors (Lipinski definition) is 2. The topological polar surface area (TPSA) is 16.8 Å². The summed E-state index contributed by atoms with van der Waals surface area (Å²) in [5.41, 5.74) is -1.10. The summed E-state index contributed by atoms with van der Waals surface area (Å²) in [4.78, 5) is 3.63. The second-order valence-corrected chi connectivity index (χ2v) is 8.32. The first-order chi connectivity index (χ1) is 14.7. The van der Waals surface area contributed by atoms with Crippen LogP contribution in [-0.2, 0) is 11.6 Å². The maximum absolute atomic E-state index is 13.2. The molecule has 0 heterocycles. The van der Waals surface area contributed by atoms with Gasteiger partial charge in [-0.25, -0.2) is 4.85 Å². The molecule has 0 aliphatic rings. The van der Waals surface area contributed by atoms with Gasteiger partial charge in [0.05, 0.1) is 18.7 Å². The van der Waals surface area contributed by atoms with Crippen molar-refractivity contribution in [2.45, 2.75) is 45.0 Å². The first-order valence-corrected chi connectivity index (χ1v) is 9.84. The summed E-state index contributed by atoms with van der Waals surface area (Å²) in [6.07, 6.45) is -9.30. The number of nitrogens with zero attached hydrogens (tertiary/aromatic N) is 2. The molecule has 174 valence electrons. The van der Waals surface area contributed by atoms with E-state index in [1.165, 1.54) is 0 Å². The molecule has 0 aromatic heterocycles. The highest BCUT2D eigenvalue weighted by Crippen LogP contribution is 2.39. The normalized spacial score (nSPS) is 12.4. The second-order valence-electron chi connectivity index (χ2n) is 8.32. The Morgan fingerprint density at radius 1 is 0.938 bits per heavy atom. The van der Waals surface area contributed by atoms with E-state index in [-0.39, 0.29) is 30.7 Å². The lowest BCUT2D eigenvalue weighted by molar-refractivity contribution is -0.136. The monoisotopic (exact) mass is 458 g/mol. The van der Waals surface area contributed by atoms with Gasteiger partial charge in [0.15, 0.2) is 5.69 Å². The summed E-state index contributed by atoms with van der Waals surface area (Å²) in [6, 6.07) is 9.93. The molecule has 0 atom stereocenters. The molecule has 0 amide bonds. The smallest absolute Gasteiger partial charge is 0.407 e. The molecule has 2 aromatic rings. The Hall–Kier alpha value is -2.89. The molecule has 0 saturated heterocycles. The quantitative estimate of drug-likeness (QED) is 0.244. The molecule has 0 bridgehead atoms. The Bertz CT molecular complexity index is 937. The predicted molar refractivity (Wildman–Crippen MR) is 111 cm³/mol. The zero-order chi connectivity index (χ0) is 24.2. The van der Waals surface area contributed by atoms with Gasteiger partial charge in [-0.1, -0.05) is 39.0 Å². The van der Waals surface area contributed by atoms with Gasteiger partial charge in [-0.05, 0) is 41.7 Å². The number of ether oxygens (including phenoxy) is 1. The molecule has 2 rings (SSSR count). The second kappa shape index (κ2) is 9.72. The minimum absolute atomic E-state index is 0.0330. The van der Waals surface area contributed by atoms with Crippen molar-refractivity contribution in [2.75, 3.05) is 24.6 Å². The van der Waals surface area contributed by atoms with Crippen LogP contribution in [0.1, 0.15) is 38.3 Å². The Morgan fingerprint density at radius 3 is 2.06 bits per heavy atom. The van der Waals surface area contributed by atoms with E-state index in [1.807, 2.05) is 12.1 Å². The van der Waals surface area contributed by atoms with Crippen molar-refractivity contribution in [3.8, 4) is 5.75 Å². The van der Waals surface area contributed by atoms with Crippen LogP contribution in [0, 0.1) is 6.57 Å². The first-order valence-electron chi connectivity index (χ1n) is 9.84. The molecular weight excluding hydrogens is 434 g/mol. The van der Waals surface area contributed by atoms with Crippen LogP contribution in [0.4, 0.5) is 37.7 Å². The maximum atomic E-state index is 13.2. The van der Waals surface area contributed by atoms with Gasteiger partial charge < -0.3 is 9.64 Å². The van der Waals surface area contributed by atoms with Crippen LogP contribution >= 0.6 is 0 Å². The lowest BCUT2D eigenvalue weighted by Gasteiger charge is -2.27. The number of hydrogen-bond donors (Lipinski definition) is 0. The maximum Gasteiger partial charge on any atom is 0.407 e. The van der Waals surface area contributed by atoms with E-state index in [2.05, 4.69) is 25.6 Å². The van der Waals surface area contributed by atoms with E-state index in [0.717, 1.165) is 22.6 Å². The zero-order valence-electron chi connectivity index (χ0n) is 17.9. The van der Waals surface area contributed by atoms with E-state index in [4.69, 9.17) is 11.3 Å². The largest absolute Gasteiger partial charge is 0.494 e. The SMILES string of the molecule is [C-]#[N+]c1ccc(N(CCCOc2ccc(C(C)(C)C)cc2)CC(F)(F)F)cc1C(F)(F)F. The average Bonchev–Trinajstić information content (AvgIpc) is 2.68. The highest BCUT2D eigenvalue weighted by Gasteiger charge is 2.35.